The Kier molecular flexibility index (Phi) is 6.33. The number of rotatable bonds is 6. The number of hydrogen-bond donors (Lipinski definition) is 4. The molecule has 4 N–H and O–H groups in total. The molecular formula is C18H21N3O3. The number of hydrogen-bond acceptors (Lipinski definition) is 3. The number of amides is 3. The normalized spacial score (nSPS) is 10.1. The molecule has 0 atom stereocenters. The van der Waals surface area contributed by atoms with Gasteiger partial charge in [0.25, 0.3) is 5.91 Å². The van der Waals surface area contributed by atoms with E-state index < -0.39 is 0 Å². The van der Waals surface area contributed by atoms with Crippen LogP contribution in [0, 0.1) is 6.92 Å². The lowest BCUT2D eigenvalue weighted by molar-refractivity contribution is 0.102. The van der Waals surface area contributed by atoms with Crippen molar-refractivity contribution in [3.63, 3.8) is 0 Å². The van der Waals surface area contributed by atoms with Crippen molar-refractivity contribution in [1.29, 1.82) is 0 Å². The second kappa shape index (κ2) is 8.69. The van der Waals surface area contributed by atoms with E-state index in [0.717, 1.165) is 5.56 Å². The minimum absolute atomic E-state index is 0.0223. The maximum atomic E-state index is 12.3. The Bertz CT molecular complexity index is 702. The third kappa shape index (κ3) is 5.10. The standard InChI is InChI=1S/C18H21N3O3/c1-13-8-9-14(17(23)20-15-6-3-2-4-7-15)12-16(13)21-18(24)19-10-5-11-22/h2-4,6-9,12,22H,5,10-11H2,1H3,(H,20,23)(H2,19,21,24). The van der Waals surface area contributed by atoms with Gasteiger partial charge in [0.05, 0.1) is 0 Å². The molecule has 0 radical (unpaired) electrons. The summed E-state index contributed by atoms with van der Waals surface area (Å²) in [6, 6.07) is 13.9. The van der Waals surface area contributed by atoms with Gasteiger partial charge in [-0.2, -0.15) is 0 Å². The number of carbonyl (C=O) groups is 2. The largest absolute Gasteiger partial charge is 0.396 e. The summed E-state index contributed by atoms with van der Waals surface area (Å²) in [4.78, 5) is 24.1. The molecule has 0 spiro atoms. The van der Waals surface area contributed by atoms with Crippen LogP contribution in [0.15, 0.2) is 48.5 Å². The van der Waals surface area contributed by atoms with Crippen molar-refractivity contribution < 1.29 is 14.7 Å². The molecule has 2 aromatic rings. The van der Waals surface area contributed by atoms with E-state index in [0.29, 0.717) is 29.9 Å². The summed E-state index contributed by atoms with van der Waals surface area (Å²) < 4.78 is 0. The molecule has 2 aromatic carbocycles. The van der Waals surface area contributed by atoms with Gasteiger partial charge in [-0.15, -0.1) is 0 Å². The zero-order valence-electron chi connectivity index (χ0n) is 13.5. The van der Waals surface area contributed by atoms with Crippen molar-refractivity contribution in [1.82, 2.24) is 5.32 Å². The van der Waals surface area contributed by atoms with Gasteiger partial charge in [-0.3, -0.25) is 4.79 Å². The molecule has 0 unspecified atom stereocenters. The minimum Gasteiger partial charge on any atom is -0.396 e. The van der Waals surface area contributed by atoms with E-state index in [1.165, 1.54) is 0 Å². The minimum atomic E-state index is -0.368. The maximum Gasteiger partial charge on any atom is 0.319 e. The van der Waals surface area contributed by atoms with Crippen LogP contribution in [0.5, 0.6) is 0 Å². The topological polar surface area (TPSA) is 90.5 Å². The Morgan fingerprint density at radius 1 is 1.04 bits per heavy atom. The van der Waals surface area contributed by atoms with Crippen molar-refractivity contribution in [2.45, 2.75) is 13.3 Å². The highest BCUT2D eigenvalue weighted by atomic mass is 16.3. The quantitative estimate of drug-likeness (QED) is 0.615. The monoisotopic (exact) mass is 327 g/mol. The summed E-state index contributed by atoms with van der Waals surface area (Å²) in [5.74, 6) is -0.245. The molecule has 24 heavy (non-hydrogen) atoms. The molecule has 0 aromatic heterocycles. The van der Waals surface area contributed by atoms with E-state index >= 15 is 0 Å². The molecule has 0 heterocycles. The summed E-state index contributed by atoms with van der Waals surface area (Å²) in [6.07, 6.45) is 0.492. The number of anilines is 2. The van der Waals surface area contributed by atoms with Gasteiger partial charge in [0.15, 0.2) is 0 Å². The van der Waals surface area contributed by atoms with Gasteiger partial charge in [0, 0.05) is 30.1 Å². The molecule has 0 bridgehead atoms. The number of aryl methyl sites for hydroxylation is 1. The van der Waals surface area contributed by atoms with E-state index in [-0.39, 0.29) is 18.5 Å². The number of para-hydroxylation sites is 1. The Hall–Kier alpha value is -2.86. The van der Waals surface area contributed by atoms with Gasteiger partial charge >= 0.3 is 6.03 Å². The molecule has 0 fully saturated rings. The van der Waals surface area contributed by atoms with Crippen molar-refractivity contribution >= 4 is 23.3 Å². The maximum absolute atomic E-state index is 12.3. The first-order chi connectivity index (χ1) is 11.6. The molecule has 0 aliphatic carbocycles. The third-order valence-electron chi connectivity index (χ3n) is 3.40. The molecule has 0 aliphatic rings. The van der Waals surface area contributed by atoms with Crippen LogP contribution < -0.4 is 16.0 Å². The molecule has 6 heteroatoms. The highest BCUT2D eigenvalue weighted by molar-refractivity contribution is 6.05. The van der Waals surface area contributed by atoms with Crippen LogP contribution >= 0.6 is 0 Å². The Balaban J connectivity index is 2.04. The lowest BCUT2D eigenvalue weighted by atomic mass is 10.1. The highest BCUT2D eigenvalue weighted by Crippen LogP contribution is 2.18. The fourth-order valence-corrected chi connectivity index (χ4v) is 2.07. The second-order valence-electron chi connectivity index (χ2n) is 5.31. The second-order valence-corrected chi connectivity index (χ2v) is 5.31. The van der Waals surface area contributed by atoms with E-state index in [2.05, 4.69) is 16.0 Å². The van der Waals surface area contributed by atoms with Gasteiger partial charge in [-0.05, 0) is 43.2 Å². The molecule has 0 aliphatic heterocycles. The van der Waals surface area contributed by atoms with E-state index in [9.17, 15) is 9.59 Å². The summed E-state index contributed by atoms with van der Waals surface area (Å²) >= 11 is 0. The molecule has 3 amide bonds. The fourth-order valence-electron chi connectivity index (χ4n) is 2.07. The molecule has 2 rings (SSSR count). The average Bonchev–Trinajstić information content (AvgIpc) is 2.58. The van der Waals surface area contributed by atoms with Gasteiger partial charge in [-0.1, -0.05) is 24.3 Å². The molecule has 126 valence electrons. The predicted molar refractivity (Wildman–Crippen MR) is 94.3 cm³/mol. The van der Waals surface area contributed by atoms with E-state index in [4.69, 9.17) is 5.11 Å². The predicted octanol–water partition coefficient (Wildman–Crippen LogP) is 2.75. The smallest absolute Gasteiger partial charge is 0.319 e. The van der Waals surface area contributed by atoms with Crippen molar-refractivity contribution in [2.24, 2.45) is 0 Å². The molecule has 6 nitrogen and oxygen atoms in total. The third-order valence-corrected chi connectivity index (χ3v) is 3.40. The van der Waals surface area contributed by atoms with Crippen molar-refractivity contribution in [3.8, 4) is 0 Å². The number of aliphatic hydroxyl groups is 1. The van der Waals surface area contributed by atoms with Crippen LogP contribution in [0.1, 0.15) is 22.3 Å². The first-order valence-corrected chi connectivity index (χ1v) is 7.73. The first kappa shape index (κ1) is 17.5. The van der Waals surface area contributed by atoms with E-state index in [1.807, 2.05) is 25.1 Å². The van der Waals surface area contributed by atoms with Gasteiger partial charge < -0.3 is 21.1 Å². The number of aliphatic hydroxyl groups excluding tert-OH is 1. The van der Waals surface area contributed by atoms with Gasteiger partial charge in [0.2, 0.25) is 0 Å². The van der Waals surface area contributed by atoms with Gasteiger partial charge in [0.1, 0.15) is 0 Å². The van der Waals surface area contributed by atoms with Crippen LogP contribution in [-0.2, 0) is 0 Å². The number of carbonyl (C=O) groups excluding carboxylic acids is 2. The molecule has 0 saturated carbocycles. The van der Waals surface area contributed by atoms with Gasteiger partial charge in [-0.25, -0.2) is 4.79 Å². The van der Waals surface area contributed by atoms with Crippen LogP contribution in [0.25, 0.3) is 0 Å². The Morgan fingerprint density at radius 3 is 2.50 bits per heavy atom. The number of urea groups is 1. The summed E-state index contributed by atoms with van der Waals surface area (Å²) in [5.41, 5.74) is 2.58. The lowest BCUT2D eigenvalue weighted by Gasteiger charge is -2.12. The summed E-state index contributed by atoms with van der Waals surface area (Å²) in [5, 5.41) is 16.9. The molecular weight excluding hydrogens is 306 g/mol. The SMILES string of the molecule is Cc1ccc(C(=O)Nc2ccccc2)cc1NC(=O)NCCCO. The number of nitrogens with one attached hydrogen (secondary N) is 3. The Labute approximate surface area is 140 Å². The highest BCUT2D eigenvalue weighted by Gasteiger charge is 2.10. The zero-order chi connectivity index (χ0) is 17.4. The zero-order valence-corrected chi connectivity index (χ0v) is 13.5. The van der Waals surface area contributed by atoms with E-state index in [1.54, 1.807) is 30.3 Å². The Morgan fingerprint density at radius 2 is 1.79 bits per heavy atom. The summed E-state index contributed by atoms with van der Waals surface area (Å²) in [6.45, 7) is 2.26. The van der Waals surface area contributed by atoms with Crippen molar-refractivity contribution in [3.05, 3.63) is 59.7 Å². The lowest BCUT2D eigenvalue weighted by Crippen LogP contribution is -2.30. The first-order valence-electron chi connectivity index (χ1n) is 7.73. The van der Waals surface area contributed by atoms with Crippen LogP contribution in [0.2, 0.25) is 0 Å². The average molecular weight is 327 g/mol. The summed E-state index contributed by atoms with van der Waals surface area (Å²) in [7, 11) is 0. The molecule has 0 saturated heterocycles. The van der Waals surface area contributed by atoms with Crippen molar-refractivity contribution in [2.75, 3.05) is 23.8 Å². The fraction of sp³-hybridized carbons (Fsp3) is 0.222. The van der Waals surface area contributed by atoms with Crippen LogP contribution in [0.4, 0.5) is 16.2 Å². The van der Waals surface area contributed by atoms with Crippen LogP contribution in [-0.4, -0.2) is 30.2 Å². The van der Waals surface area contributed by atoms with Crippen LogP contribution in [0.3, 0.4) is 0 Å². The number of benzene rings is 2.